The van der Waals surface area contributed by atoms with Crippen LogP contribution in [0, 0.1) is 11.8 Å². The van der Waals surface area contributed by atoms with E-state index in [2.05, 4.69) is 14.8 Å². The van der Waals surface area contributed by atoms with Gasteiger partial charge in [-0.2, -0.15) is 0 Å². The predicted molar refractivity (Wildman–Crippen MR) is 105 cm³/mol. The molecule has 0 aliphatic rings. The Labute approximate surface area is 168 Å². The molecule has 2 rings (SSSR count). The van der Waals surface area contributed by atoms with Crippen molar-refractivity contribution in [2.75, 3.05) is 14.2 Å². The van der Waals surface area contributed by atoms with Gasteiger partial charge in [-0.3, -0.25) is 19.2 Å². The second-order valence-corrected chi connectivity index (χ2v) is 6.69. The van der Waals surface area contributed by atoms with E-state index in [1.807, 2.05) is 42.5 Å². The number of carbonyl (C=O) groups is 4. The minimum atomic E-state index is -1.40. The Balaban J connectivity index is 2.17. The monoisotopic (exact) mass is 400 g/mol. The number of nitrogens with two attached hydrogens (primary N) is 1. The number of esters is 2. The largest absolute Gasteiger partial charge is 0.468 e. The fourth-order valence-corrected chi connectivity index (χ4v) is 3.19. The van der Waals surface area contributed by atoms with Crippen molar-refractivity contribution in [2.45, 2.75) is 19.4 Å². The van der Waals surface area contributed by atoms with Crippen molar-refractivity contribution in [3.05, 3.63) is 48.0 Å². The Morgan fingerprint density at radius 3 is 2.10 bits per heavy atom. The summed E-state index contributed by atoms with van der Waals surface area (Å²) in [4.78, 5) is 48.4. The molecule has 8 heteroatoms. The van der Waals surface area contributed by atoms with Gasteiger partial charge in [-0.05, 0) is 16.3 Å². The Morgan fingerprint density at radius 2 is 1.55 bits per heavy atom. The quantitative estimate of drug-likeness (QED) is 0.502. The summed E-state index contributed by atoms with van der Waals surface area (Å²) in [6.45, 7) is 1.45. The van der Waals surface area contributed by atoms with Gasteiger partial charge in [-0.25, -0.2) is 0 Å². The molecule has 0 aliphatic carbocycles. The van der Waals surface area contributed by atoms with Gasteiger partial charge in [0.2, 0.25) is 11.8 Å². The van der Waals surface area contributed by atoms with Crippen molar-refractivity contribution < 1.29 is 28.7 Å². The third-order valence-corrected chi connectivity index (χ3v) is 4.76. The zero-order valence-corrected chi connectivity index (χ0v) is 16.5. The van der Waals surface area contributed by atoms with Crippen molar-refractivity contribution in [2.24, 2.45) is 17.6 Å². The number of carbonyl (C=O) groups excluding carboxylic acids is 4. The van der Waals surface area contributed by atoms with Crippen molar-refractivity contribution >= 4 is 34.5 Å². The number of hydrogen-bond donors (Lipinski definition) is 2. The SMILES string of the molecule is COC(=O)C(C(=O)OC)[C@H](C)[C@H](NC(=O)Cc1ccc2ccccc2c1)C(N)=O. The molecule has 0 fully saturated rings. The number of primary amides is 1. The zero-order chi connectivity index (χ0) is 21.6. The molecule has 3 N–H and O–H groups in total. The van der Waals surface area contributed by atoms with Crippen LogP contribution in [0.25, 0.3) is 10.8 Å². The van der Waals surface area contributed by atoms with Crippen LogP contribution in [0.15, 0.2) is 42.5 Å². The molecular weight excluding hydrogens is 376 g/mol. The van der Waals surface area contributed by atoms with Gasteiger partial charge in [-0.15, -0.1) is 0 Å². The average Bonchev–Trinajstić information content (AvgIpc) is 2.71. The minimum absolute atomic E-state index is 0.00243. The molecule has 2 aromatic rings. The van der Waals surface area contributed by atoms with Crippen LogP contribution < -0.4 is 11.1 Å². The van der Waals surface area contributed by atoms with Gasteiger partial charge in [0.1, 0.15) is 6.04 Å². The number of rotatable bonds is 8. The van der Waals surface area contributed by atoms with Crippen LogP contribution in [0.4, 0.5) is 0 Å². The van der Waals surface area contributed by atoms with Crippen LogP contribution in [-0.2, 0) is 35.1 Å². The van der Waals surface area contributed by atoms with Crippen LogP contribution in [-0.4, -0.2) is 44.0 Å². The molecule has 8 nitrogen and oxygen atoms in total. The van der Waals surface area contributed by atoms with Gasteiger partial charge >= 0.3 is 11.9 Å². The lowest BCUT2D eigenvalue weighted by atomic mass is 9.86. The molecule has 2 amide bonds. The maximum atomic E-state index is 12.5. The van der Waals surface area contributed by atoms with Crippen molar-refractivity contribution in [3.63, 3.8) is 0 Å². The molecule has 0 saturated carbocycles. The average molecular weight is 400 g/mol. The van der Waals surface area contributed by atoms with Gasteiger partial charge < -0.3 is 20.5 Å². The standard InChI is InChI=1S/C21H24N2O6/c1-12(17(20(26)28-2)21(27)29-3)18(19(22)25)23-16(24)11-13-8-9-14-6-4-5-7-15(14)10-13/h4-10,12,17-18H,11H2,1-3H3,(H2,22,25)(H,23,24)/t12-,18-/m0/s1. The van der Waals surface area contributed by atoms with Crippen molar-refractivity contribution in [3.8, 4) is 0 Å². The number of methoxy groups -OCH3 is 2. The molecule has 154 valence electrons. The van der Waals surface area contributed by atoms with E-state index < -0.39 is 41.6 Å². The third kappa shape index (κ3) is 5.31. The molecule has 0 bridgehead atoms. The van der Waals surface area contributed by atoms with Crippen LogP contribution in [0.3, 0.4) is 0 Å². The molecule has 0 heterocycles. The number of fused-ring (bicyclic) bond motifs is 1. The topological polar surface area (TPSA) is 125 Å². The summed E-state index contributed by atoms with van der Waals surface area (Å²) in [6, 6.07) is 12.1. The number of hydrogen-bond acceptors (Lipinski definition) is 6. The zero-order valence-electron chi connectivity index (χ0n) is 16.5. The van der Waals surface area contributed by atoms with Crippen molar-refractivity contribution in [1.82, 2.24) is 5.32 Å². The first kappa shape index (κ1) is 21.9. The number of amides is 2. The van der Waals surface area contributed by atoms with E-state index in [4.69, 9.17) is 5.73 Å². The molecule has 2 atom stereocenters. The first-order chi connectivity index (χ1) is 13.8. The van der Waals surface area contributed by atoms with Crippen LogP contribution in [0.5, 0.6) is 0 Å². The van der Waals surface area contributed by atoms with Crippen LogP contribution in [0.2, 0.25) is 0 Å². The first-order valence-corrected chi connectivity index (χ1v) is 9.00. The van der Waals surface area contributed by atoms with Gasteiger partial charge in [0.05, 0.1) is 20.6 Å². The van der Waals surface area contributed by atoms with E-state index >= 15 is 0 Å². The van der Waals surface area contributed by atoms with Gasteiger partial charge in [0, 0.05) is 5.92 Å². The van der Waals surface area contributed by atoms with E-state index in [1.165, 1.54) is 6.92 Å². The molecule has 0 unspecified atom stereocenters. The van der Waals surface area contributed by atoms with Gasteiger partial charge in [0.15, 0.2) is 5.92 Å². The highest BCUT2D eigenvalue weighted by Crippen LogP contribution is 2.20. The maximum Gasteiger partial charge on any atom is 0.320 e. The summed E-state index contributed by atoms with van der Waals surface area (Å²) < 4.78 is 9.25. The second-order valence-electron chi connectivity index (χ2n) is 6.69. The lowest BCUT2D eigenvalue weighted by Crippen LogP contribution is -2.53. The van der Waals surface area contributed by atoms with Gasteiger partial charge in [-0.1, -0.05) is 49.4 Å². The predicted octanol–water partition coefficient (Wildman–Crippen LogP) is 0.951. The molecular formula is C21H24N2O6. The Kier molecular flexibility index (Phi) is 7.30. The third-order valence-electron chi connectivity index (χ3n) is 4.76. The molecule has 0 saturated heterocycles. The summed E-state index contributed by atoms with van der Waals surface area (Å²) in [6.07, 6.45) is 0.00243. The second kappa shape index (κ2) is 9.68. The highest BCUT2D eigenvalue weighted by molar-refractivity contribution is 5.97. The highest BCUT2D eigenvalue weighted by Gasteiger charge is 2.41. The van der Waals surface area contributed by atoms with Crippen molar-refractivity contribution in [1.29, 1.82) is 0 Å². The summed E-state index contributed by atoms with van der Waals surface area (Å²) >= 11 is 0. The summed E-state index contributed by atoms with van der Waals surface area (Å²) in [7, 11) is 2.23. The lowest BCUT2D eigenvalue weighted by molar-refractivity contribution is -0.162. The molecule has 0 aliphatic heterocycles. The number of nitrogens with one attached hydrogen (secondary N) is 1. The first-order valence-electron chi connectivity index (χ1n) is 9.00. The van der Waals surface area contributed by atoms with Crippen LogP contribution in [0.1, 0.15) is 12.5 Å². The summed E-state index contributed by atoms with van der Waals surface area (Å²) in [5, 5.41) is 4.54. The number of ether oxygens (including phenoxy) is 2. The summed E-state index contributed by atoms with van der Waals surface area (Å²) in [5.41, 5.74) is 6.16. The maximum absolute atomic E-state index is 12.5. The highest BCUT2D eigenvalue weighted by atomic mass is 16.5. The molecule has 2 aromatic carbocycles. The lowest BCUT2D eigenvalue weighted by Gasteiger charge is -2.26. The fourth-order valence-electron chi connectivity index (χ4n) is 3.19. The van der Waals surface area contributed by atoms with E-state index in [0.29, 0.717) is 0 Å². The van der Waals surface area contributed by atoms with E-state index in [1.54, 1.807) is 0 Å². The number of benzene rings is 2. The molecule has 0 aromatic heterocycles. The minimum Gasteiger partial charge on any atom is -0.468 e. The smallest absolute Gasteiger partial charge is 0.320 e. The Bertz CT molecular complexity index is 910. The van der Waals surface area contributed by atoms with Gasteiger partial charge in [0.25, 0.3) is 0 Å². The normalized spacial score (nSPS) is 12.8. The Morgan fingerprint density at radius 1 is 0.966 bits per heavy atom. The molecule has 0 radical (unpaired) electrons. The van der Waals surface area contributed by atoms with E-state index in [-0.39, 0.29) is 6.42 Å². The van der Waals surface area contributed by atoms with E-state index in [0.717, 1.165) is 30.6 Å². The molecule has 0 spiro atoms. The molecule has 29 heavy (non-hydrogen) atoms. The van der Waals surface area contributed by atoms with E-state index in [9.17, 15) is 19.2 Å². The fraction of sp³-hybridized carbons (Fsp3) is 0.333. The summed E-state index contributed by atoms with van der Waals surface area (Å²) in [5.74, 6) is -5.46. The van der Waals surface area contributed by atoms with Crippen LogP contribution >= 0.6 is 0 Å². The Hall–Kier alpha value is -3.42.